The molecule has 96 valence electrons. The Bertz CT molecular complexity index is 463. The Morgan fingerprint density at radius 3 is 2.28 bits per heavy atom. The van der Waals surface area contributed by atoms with E-state index < -0.39 is 18.4 Å². The van der Waals surface area contributed by atoms with Gasteiger partial charge in [-0.25, -0.2) is 9.18 Å². The monoisotopic (exact) mass is 250 g/mol. The second-order valence-corrected chi connectivity index (χ2v) is 3.63. The molecular weight excluding hydrogens is 235 g/mol. The molecule has 0 aliphatic carbocycles. The van der Waals surface area contributed by atoms with Crippen molar-refractivity contribution in [3.8, 4) is 0 Å². The predicted molar refractivity (Wildman–Crippen MR) is 66.7 cm³/mol. The molecule has 0 aliphatic rings. The Balaban J connectivity index is 3.35. The number of carbonyl (C=O) groups excluding carboxylic acids is 2. The van der Waals surface area contributed by atoms with Crippen molar-refractivity contribution in [1.82, 2.24) is 0 Å². The lowest BCUT2D eigenvalue weighted by molar-refractivity contribution is -0.136. The maximum absolute atomic E-state index is 13.0. The van der Waals surface area contributed by atoms with Gasteiger partial charge in [0, 0.05) is 5.57 Å². The molecule has 0 saturated heterocycles. The highest BCUT2D eigenvalue weighted by Crippen LogP contribution is 2.21. The minimum atomic E-state index is -0.988. The predicted octanol–water partition coefficient (Wildman–Crippen LogP) is 2.56. The molecule has 0 atom stereocenters. The van der Waals surface area contributed by atoms with Gasteiger partial charge in [-0.1, -0.05) is 30.3 Å². The molecule has 1 rings (SSSR count). The van der Waals surface area contributed by atoms with E-state index in [2.05, 4.69) is 0 Å². The van der Waals surface area contributed by atoms with Gasteiger partial charge in [0.25, 0.3) is 0 Å². The Morgan fingerprint density at radius 1 is 1.22 bits per heavy atom. The number of Topliss-reactive ketones (excluding diaryl/α,β-unsaturated/α-hetero) is 1. The van der Waals surface area contributed by atoms with Crippen molar-refractivity contribution in [3.63, 3.8) is 0 Å². The van der Waals surface area contributed by atoms with Crippen LogP contribution in [0, 0.1) is 0 Å². The summed E-state index contributed by atoms with van der Waals surface area (Å²) in [6.45, 7) is 2.07. The van der Waals surface area contributed by atoms with Crippen LogP contribution in [-0.4, -0.2) is 25.0 Å². The maximum Gasteiger partial charge on any atom is 0.339 e. The lowest BCUT2D eigenvalue weighted by atomic mass is 9.98. The van der Waals surface area contributed by atoms with Crippen molar-refractivity contribution in [2.75, 3.05) is 13.3 Å². The standard InChI is InChI=1S/C14H15FO3/c1-3-18-14(17)13(12(9-15)10(2)16)11-7-5-4-6-8-11/h4-8H,3,9H2,1-2H3/b13-12-. The van der Waals surface area contributed by atoms with Gasteiger partial charge in [0.15, 0.2) is 5.78 Å². The Morgan fingerprint density at radius 2 is 1.83 bits per heavy atom. The van der Waals surface area contributed by atoms with Gasteiger partial charge >= 0.3 is 5.97 Å². The van der Waals surface area contributed by atoms with E-state index in [9.17, 15) is 14.0 Å². The lowest BCUT2D eigenvalue weighted by Gasteiger charge is -2.10. The van der Waals surface area contributed by atoms with Crippen LogP contribution in [0.25, 0.3) is 5.57 Å². The van der Waals surface area contributed by atoms with E-state index in [-0.39, 0.29) is 17.8 Å². The van der Waals surface area contributed by atoms with Crippen LogP contribution >= 0.6 is 0 Å². The number of esters is 1. The van der Waals surface area contributed by atoms with Gasteiger partial charge in [0.05, 0.1) is 12.2 Å². The molecule has 18 heavy (non-hydrogen) atoms. The average Bonchev–Trinajstić information content (AvgIpc) is 2.36. The van der Waals surface area contributed by atoms with E-state index in [1.807, 2.05) is 0 Å². The molecule has 0 unspecified atom stereocenters. The van der Waals surface area contributed by atoms with E-state index in [0.717, 1.165) is 0 Å². The fourth-order valence-electron chi connectivity index (χ4n) is 1.56. The first kappa shape index (κ1) is 14.1. The fourth-order valence-corrected chi connectivity index (χ4v) is 1.56. The van der Waals surface area contributed by atoms with E-state index >= 15 is 0 Å². The Hall–Kier alpha value is -1.97. The normalized spacial score (nSPS) is 11.7. The zero-order valence-corrected chi connectivity index (χ0v) is 10.4. The van der Waals surface area contributed by atoms with Gasteiger partial charge in [0.2, 0.25) is 0 Å². The molecule has 0 fully saturated rings. The summed E-state index contributed by atoms with van der Waals surface area (Å²) in [4.78, 5) is 23.2. The van der Waals surface area contributed by atoms with Crippen molar-refractivity contribution >= 4 is 17.3 Å². The molecule has 1 aromatic carbocycles. The number of ether oxygens (including phenoxy) is 1. The zero-order valence-electron chi connectivity index (χ0n) is 10.4. The van der Waals surface area contributed by atoms with E-state index in [4.69, 9.17) is 4.74 Å². The summed E-state index contributed by atoms with van der Waals surface area (Å²) in [6, 6.07) is 8.49. The van der Waals surface area contributed by atoms with Gasteiger partial charge in [-0.3, -0.25) is 4.79 Å². The van der Waals surface area contributed by atoms with E-state index in [0.29, 0.717) is 5.56 Å². The minimum absolute atomic E-state index is 0.00690. The van der Waals surface area contributed by atoms with Gasteiger partial charge in [0.1, 0.15) is 6.67 Å². The first-order valence-electron chi connectivity index (χ1n) is 5.64. The minimum Gasteiger partial charge on any atom is -0.462 e. The molecule has 0 spiro atoms. The number of hydrogen-bond acceptors (Lipinski definition) is 3. The second kappa shape index (κ2) is 6.69. The molecule has 3 nitrogen and oxygen atoms in total. The van der Waals surface area contributed by atoms with Crippen LogP contribution < -0.4 is 0 Å². The number of carbonyl (C=O) groups is 2. The van der Waals surface area contributed by atoms with Crippen molar-refractivity contribution in [2.45, 2.75) is 13.8 Å². The topological polar surface area (TPSA) is 43.4 Å². The molecule has 0 radical (unpaired) electrons. The van der Waals surface area contributed by atoms with Crippen LogP contribution in [0.5, 0.6) is 0 Å². The van der Waals surface area contributed by atoms with Crippen molar-refractivity contribution in [1.29, 1.82) is 0 Å². The molecule has 4 heteroatoms. The number of rotatable bonds is 5. The fraction of sp³-hybridized carbons (Fsp3) is 0.286. The highest BCUT2D eigenvalue weighted by Gasteiger charge is 2.21. The Labute approximate surface area is 105 Å². The summed E-state index contributed by atoms with van der Waals surface area (Å²) in [5, 5.41) is 0. The first-order chi connectivity index (χ1) is 8.61. The number of hydrogen-bond donors (Lipinski definition) is 0. The third-order valence-electron chi connectivity index (χ3n) is 2.40. The molecular formula is C14H15FO3. The summed E-state index contributed by atoms with van der Waals surface area (Å²) in [6.07, 6.45) is 0. The summed E-state index contributed by atoms with van der Waals surface area (Å²) < 4.78 is 17.8. The van der Waals surface area contributed by atoms with Gasteiger partial charge < -0.3 is 4.74 Å². The third kappa shape index (κ3) is 3.26. The summed E-state index contributed by atoms with van der Waals surface area (Å²) in [7, 11) is 0. The van der Waals surface area contributed by atoms with E-state index in [1.54, 1.807) is 37.3 Å². The number of benzene rings is 1. The van der Waals surface area contributed by atoms with Gasteiger partial charge in [-0.05, 0) is 19.4 Å². The van der Waals surface area contributed by atoms with Gasteiger partial charge in [-0.2, -0.15) is 0 Å². The number of alkyl halides is 1. The maximum atomic E-state index is 13.0. The zero-order chi connectivity index (χ0) is 13.5. The molecule has 0 aliphatic heterocycles. The summed E-state index contributed by atoms with van der Waals surface area (Å²) >= 11 is 0. The third-order valence-corrected chi connectivity index (χ3v) is 2.40. The van der Waals surface area contributed by atoms with E-state index in [1.165, 1.54) is 6.92 Å². The SMILES string of the molecule is CCOC(=O)/C(=C(/CF)C(C)=O)c1ccccc1. The highest BCUT2D eigenvalue weighted by molar-refractivity contribution is 6.23. The van der Waals surface area contributed by atoms with Crippen LogP contribution in [0.15, 0.2) is 35.9 Å². The molecule has 0 N–H and O–H groups in total. The van der Waals surface area contributed by atoms with Gasteiger partial charge in [-0.15, -0.1) is 0 Å². The summed E-state index contributed by atoms with van der Waals surface area (Å²) in [5.41, 5.74) is 0.339. The first-order valence-corrected chi connectivity index (χ1v) is 5.64. The highest BCUT2D eigenvalue weighted by atomic mass is 19.1. The lowest BCUT2D eigenvalue weighted by Crippen LogP contribution is -2.13. The molecule has 0 aromatic heterocycles. The second-order valence-electron chi connectivity index (χ2n) is 3.63. The number of ketones is 1. The summed E-state index contributed by atoms with van der Waals surface area (Å²) in [5.74, 6) is -1.14. The molecule has 1 aromatic rings. The van der Waals surface area contributed by atoms with Crippen LogP contribution in [0.1, 0.15) is 19.4 Å². The molecule has 0 saturated carbocycles. The Kier molecular flexibility index (Phi) is 5.24. The quantitative estimate of drug-likeness (QED) is 0.596. The number of allylic oxidation sites excluding steroid dienone is 1. The molecule has 0 amide bonds. The van der Waals surface area contributed by atoms with Crippen molar-refractivity contribution in [2.24, 2.45) is 0 Å². The van der Waals surface area contributed by atoms with Crippen molar-refractivity contribution < 1.29 is 18.7 Å². The molecule has 0 bridgehead atoms. The van der Waals surface area contributed by atoms with Crippen LogP contribution in [0.3, 0.4) is 0 Å². The smallest absolute Gasteiger partial charge is 0.339 e. The van der Waals surface area contributed by atoms with Crippen LogP contribution in [0.2, 0.25) is 0 Å². The van der Waals surface area contributed by atoms with Crippen LogP contribution in [0.4, 0.5) is 4.39 Å². The number of halogens is 1. The largest absolute Gasteiger partial charge is 0.462 e. The van der Waals surface area contributed by atoms with Crippen LogP contribution in [-0.2, 0) is 14.3 Å². The van der Waals surface area contributed by atoms with Crippen molar-refractivity contribution in [3.05, 3.63) is 41.5 Å². The average molecular weight is 250 g/mol. The molecule has 0 heterocycles.